The highest BCUT2D eigenvalue weighted by Crippen LogP contribution is 2.33. The van der Waals surface area contributed by atoms with Crippen molar-refractivity contribution in [2.45, 2.75) is 12.8 Å². The molecule has 3 nitrogen and oxygen atoms in total. The second-order valence-electron chi connectivity index (χ2n) is 5.77. The molecule has 1 unspecified atom stereocenters. The van der Waals surface area contributed by atoms with Gasteiger partial charge in [-0.1, -0.05) is 18.2 Å². The topological polar surface area (TPSA) is 25.2 Å². The minimum atomic E-state index is 0. The summed E-state index contributed by atoms with van der Waals surface area (Å²) < 4.78 is 2.08. The Balaban J connectivity index is 0.00000147. The van der Waals surface area contributed by atoms with Crippen LogP contribution in [0.25, 0.3) is 10.9 Å². The standard InChI is InChI=1S/C16H20N2O.ClH/c1-17(2)10-11-8-9-13-12-6-4-5-7-14(12)18(3)15(13)16(11)19;/h4-7,11H,8-10H2,1-3H3;1H. The van der Waals surface area contributed by atoms with Gasteiger partial charge in [-0.15, -0.1) is 12.4 Å². The molecule has 1 aliphatic rings. The number of aryl methyl sites for hydroxylation is 2. The zero-order chi connectivity index (χ0) is 13.6. The van der Waals surface area contributed by atoms with Crippen molar-refractivity contribution in [3.05, 3.63) is 35.5 Å². The van der Waals surface area contributed by atoms with Gasteiger partial charge >= 0.3 is 0 Å². The van der Waals surface area contributed by atoms with E-state index >= 15 is 0 Å². The average molecular weight is 293 g/mol. The van der Waals surface area contributed by atoms with Gasteiger partial charge in [0.05, 0.1) is 5.69 Å². The fraction of sp³-hybridized carbons (Fsp3) is 0.438. The molecule has 0 N–H and O–H groups in total. The zero-order valence-corrected chi connectivity index (χ0v) is 13.0. The summed E-state index contributed by atoms with van der Waals surface area (Å²) in [6.45, 7) is 0.847. The molecule has 3 rings (SSSR count). The summed E-state index contributed by atoms with van der Waals surface area (Å²) in [5.74, 6) is 0.458. The number of rotatable bonds is 2. The summed E-state index contributed by atoms with van der Waals surface area (Å²) in [5.41, 5.74) is 3.35. The van der Waals surface area contributed by atoms with E-state index in [9.17, 15) is 4.79 Å². The van der Waals surface area contributed by atoms with E-state index < -0.39 is 0 Å². The zero-order valence-electron chi connectivity index (χ0n) is 12.2. The molecule has 0 saturated carbocycles. The third-order valence-corrected chi connectivity index (χ3v) is 4.14. The van der Waals surface area contributed by atoms with E-state index in [1.807, 2.05) is 27.2 Å². The van der Waals surface area contributed by atoms with Gasteiger partial charge in [0.15, 0.2) is 5.78 Å². The maximum Gasteiger partial charge on any atom is 0.183 e. The second-order valence-corrected chi connectivity index (χ2v) is 5.77. The van der Waals surface area contributed by atoms with Gasteiger partial charge in [-0.05, 0) is 38.6 Å². The first-order valence-electron chi connectivity index (χ1n) is 6.85. The van der Waals surface area contributed by atoms with E-state index in [2.05, 4.69) is 27.7 Å². The maximum absolute atomic E-state index is 12.7. The first-order chi connectivity index (χ1) is 9.09. The lowest BCUT2D eigenvalue weighted by molar-refractivity contribution is 0.0869. The lowest BCUT2D eigenvalue weighted by Gasteiger charge is -2.24. The van der Waals surface area contributed by atoms with Crippen molar-refractivity contribution in [1.82, 2.24) is 9.47 Å². The van der Waals surface area contributed by atoms with Crippen molar-refractivity contribution in [2.24, 2.45) is 13.0 Å². The molecule has 1 aromatic carbocycles. The number of benzene rings is 1. The predicted molar refractivity (Wildman–Crippen MR) is 84.9 cm³/mol. The molecule has 1 atom stereocenters. The lowest BCUT2D eigenvalue weighted by Crippen LogP contribution is -2.32. The highest BCUT2D eigenvalue weighted by atomic mass is 35.5. The Morgan fingerprint density at radius 2 is 2.00 bits per heavy atom. The molecule has 0 saturated heterocycles. The van der Waals surface area contributed by atoms with Crippen molar-refractivity contribution in [3.8, 4) is 0 Å². The largest absolute Gasteiger partial charge is 0.341 e. The molecule has 0 radical (unpaired) electrons. The maximum atomic E-state index is 12.7. The van der Waals surface area contributed by atoms with Crippen LogP contribution >= 0.6 is 12.4 Å². The van der Waals surface area contributed by atoms with Crippen LogP contribution in [0.5, 0.6) is 0 Å². The number of halogens is 1. The van der Waals surface area contributed by atoms with Gasteiger partial charge in [0, 0.05) is 30.4 Å². The van der Waals surface area contributed by atoms with Crippen LogP contribution in [0.3, 0.4) is 0 Å². The molecule has 1 heterocycles. The van der Waals surface area contributed by atoms with Crippen molar-refractivity contribution < 1.29 is 4.79 Å². The molecule has 108 valence electrons. The van der Waals surface area contributed by atoms with E-state index in [0.717, 1.165) is 25.1 Å². The fourth-order valence-corrected chi connectivity index (χ4v) is 3.30. The van der Waals surface area contributed by atoms with Crippen molar-refractivity contribution in [1.29, 1.82) is 0 Å². The fourth-order valence-electron chi connectivity index (χ4n) is 3.30. The van der Waals surface area contributed by atoms with Crippen LogP contribution in [0.1, 0.15) is 22.5 Å². The Labute approximate surface area is 126 Å². The van der Waals surface area contributed by atoms with Gasteiger partial charge in [0.25, 0.3) is 0 Å². The van der Waals surface area contributed by atoms with Crippen LogP contribution in [0.2, 0.25) is 0 Å². The normalized spacial score (nSPS) is 18.2. The van der Waals surface area contributed by atoms with Crippen molar-refractivity contribution in [3.63, 3.8) is 0 Å². The number of carbonyl (C=O) groups is 1. The average Bonchev–Trinajstić information content (AvgIpc) is 2.67. The molecule has 20 heavy (non-hydrogen) atoms. The Bertz CT molecular complexity index is 645. The SMILES string of the molecule is CN(C)CC1CCc2c(n(C)c3ccccc23)C1=O.Cl. The first-order valence-corrected chi connectivity index (χ1v) is 6.85. The molecule has 1 aromatic heterocycles. The number of Topliss-reactive ketones (excluding diaryl/α,β-unsaturated/α-hetero) is 1. The van der Waals surface area contributed by atoms with Crippen LogP contribution in [0.4, 0.5) is 0 Å². The summed E-state index contributed by atoms with van der Waals surface area (Å²) in [6.07, 6.45) is 1.99. The molecule has 0 bridgehead atoms. The highest BCUT2D eigenvalue weighted by molar-refractivity contribution is 6.05. The summed E-state index contributed by atoms with van der Waals surface area (Å²) in [5, 5.41) is 1.25. The van der Waals surface area contributed by atoms with Crippen LogP contribution in [0, 0.1) is 5.92 Å². The van der Waals surface area contributed by atoms with Crippen LogP contribution in [-0.4, -0.2) is 35.9 Å². The Kier molecular flexibility index (Phi) is 4.21. The van der Waals surface area contributed by atoms with Gasteiger partial charge in [-0.3, -0.25) is 4.79 Å². The number of nitrogens with zero attached hydrogens (tertiary/aromatic N) is 2. The molecule has 1 aliphatic carbocycles. The summed E-state index contributed by atoms with van der Waals surface area (Å²) in [4.78, 5) is 14.8. The number of hydrogen-bond acceptors (Lipinski definition) is 2. The molecule has 0 amide bonds. The summed E-state index contributed by atoms with van der Waals surface area (Å²) >= 11 is 0. The monoisotopic (exact) mass is 292 g/mol. The van der Waals surface area contributed by atoms with E-state index in [0.29, 0.717) is 5.78 Å². The number of para-hydroxylation sites is 1. The second kappa shape index (κ2) is 5.58. The molecule has 0 fully saturated rings. The van der Waals surface area contributed by atoms with Crippen LogP contribution < -0.4 is 0 Å². The van der Waals surface area contributed by atoms with Gasteiger partial charge in [0.2, 0.25) is 0 Å². The number of ketones is 1. The minimum absolute atomic E-state index is 0. The van der Waals surface area contributed by atoms with Crippen LogP contribution in [0.15, 0.2) is 24.3 Å². The summed E-state index contributed by atoms with van der Waals surface area (Å²) in [6, 6.07) is 8.32. The third kappa shape index (κ3) is 2.25. The van der Waals surface area contributed by atoms with Gasteiger partial charge in [-0.2, -0.15) is 0 Å². The number of carbonyl (C=O) groups excluding carboxylic acids is 1. The third-order valence-electron chi connectivity index (χ3n) is 4.14. The number of aromatic nitrogens is 1. The highest BCUT2D eigenvalue weighted by Gasteiger charge is 2.31. The van der Waals surface area contributed by atoms with E-state index in [-0.39, 0.29) is 18.3 Å². The minimum Gasteiger partial charge on any atom is -0.341 e. The molecule has 0 spiro atoms. The first kappa shape index (κ1) is 15.1. The number of fused-ring (bicyclic) bond motifs is 3. The van der Waals surface area contributed by atoms with Crippen molar-refractivity contribution >= 4 is 29.1 Å². The molecular weight excluding hydrogens is 272 g/mol. The van der Waals surface area contributed by atoms with E-state index in [1.165, 1.54) is 16.5 Å². The van der Waals surface area contributed by atoms with E-state index in [1.54, 1.807) is 0 Å². The molecule has 2 aromatic rings. The molecular formula is C16H21ClN2O. The predicted octanol–water partition coefficient (Wildman–Crippen LogP) is 2.91. The van der Waals surface area contributed by atoms with Crippen LogP contribution in [-0.2, 0) is 13.5 Å². The Hall–Kier alpha value is -1.32. The summed E-state index contributed by atoms with van der Waals surface area (Å²) in [7, 11) is 6.08. The number of hydrogen-bond donors (Lipinski definition) is 0. The van der Waals surface area contributed by atoms with Crippen molar-refractivity contribution in [2.75, 3.05) is 20.6 Å². The molecule has 0 aliphatic heterocycles. The Morgan fingerprint density at radius 1 is 1.30 bits per heavy atom. The van der Waals surface area contributed by atoms with Gasteiger partial charge in [-0.25, -0.2) is 0 Å². The quantitative estimate of drug-likeness (QED) is 0.850. The van der Waals surface area contributed by atoms with Gasteiger partial charge in [0.1, 0.15) is 0 Å². The Morgan fingerprint density at radius 3 is 2.70 bits per heavy atom. The smallest absolute Gasteiger partial charge is 0.183 e. The lowest BCUT2D eigenvalue weighted by atomic mass is 9.85. The van der Waals surface area contributed by atoms with E-state index in [4.69, 9.17) is 0 Å². The van der Waals surface area contributed by atoms with Gasteiger partial charge < -0.3 is 9.47 Å². The molecule has 4 heteroatoms.